The summed E-state index contributed by atoms with van der Waals surface area (Å²) in [5.74, 6) is -1.39. The molecule has 0 saturated heterocycles. The molecule has 1 aromatic heterocycles. The monoisotopic (exact) mass is 423 g/mol. The van der Waals surface area contributed by atoms with E-state index in [1.54, 1.807) is 49.4 Å². The van der Waals surface area contributed by atoms with Crippen LogP contribution in [0.5, 0.6) is 0 Å². The molecule has 0 unspecified atom stereocenters. The molecule has 5 heteroatoms. The fourth-order valence-electron chi connectivity index (χ4n) is 3.80. The second-order valence-electron chi connectivity index (χ2n) is 7.58. The Morgan fingerprint density at radius 1 is 0.844 bits per heavy atom. The highest BCUT2D eigenvalue weighted by molar-refractivity contribution is 6.20. The zero-order chi connectivity index (χ0) is 22.2. The molecule has 0 atom stereocenters. The minimum atomic E-state index is -0.506. The van der Waals surface area contributed by atoms with E-state index in [4.69, 9.17) is 4.42 Å². The highest BCUT2D eigenvalue weighted by Crippen LogP contribution is 2.33. The first-order valence-electron chi connectivity index (χ1n) is 10.1. The zero-order valence-electron chi connectivity index (χ0n) is 17.2. The number of benzene rings is 4. The number of nitrogens with one attached hydrogen (secondary N) is 1. The highest BCUT2D eigenvalue weighted by Gasteiger charge is 2.24. The molecule has 0 aliphatic rings. The van der Waals surface area contributed by atoms with Crippen LogP contribution in [0.25, 0.3) is 21.7 Å². The van der Waals surface area contributed by atoms with Gasteiger partial charge in [-0.3, -0.25) is 9.59 Å². The Hall–Kier alpha value is -4.25. The lowest BCUT2D eigenvalue weighted by Crippen LogP contribution is -2.15. The van der Waals surface area contributed by atoms with Crippen molar-refractivity contribution in [1.29, 1.82) is 0 Å². The van der Waals surface area contributed by atoms with Gasteiger partial charge in [0.1, 0.15) is 11.4 Å². The summed E-state index contributed by atoms with van der Waals surface area (Å²) in [5, 5.41) is 5.20. The summed E-state index contributed by atoms with van der Waals surface area (Å²) in [6, 6.07) is 24.4. The molecular formula is C27H18FNO3. The van der Waals surface area contributed by atoms with E-state index in [1.165, 1.54) is 6.07 Å². The first-order chi connectivity index (χ1) is 15.5. The highest BCUT2D eigenvalue weighted by atomic mass is 19.1. The number of hydrogen-bond donors (Lipinski definition) is 1. The van der Waals surface area contributed by atoms with E-state index in [9.17, 15) is 14.0 Å². The Morgan fingerprint density at radius 3 is 2.38 bits per heavy atom. The number of carbonyl (C=O) groups excluding carboxylic acids is 2. The smallest absolute Gasteiger partial charge is 0.256 e. The van der Waals surface area contributed by atoms with Crippen molar-refractivity contribution in [3.05, 3.63) is 113 Å². The molecule has 1 amide bonds. The summed E-state index contributed by atoms with van der Waals surface area (Å²) < 4.78 is 19.9. The maximum absolute atomic E-state index is 14.1. The van der Waals surface area contributed by atoms with E-state index >= 15 is 0 Å². The number of ketones is 1. The number of halogens is 1. The molecule has 0 bridgehead atoms. The van der Waals surface area contributed by atoms with Crippen LogP contribution in [0.4, 0.5) is 10.1 Å². The molecule has 1 heterocycles. The number of para-hydroxylation sites is 1. The maximum Gasteiger partial charge on any atom is 0.256 e. The van der Waals surface area contributed by atoms with Crippen LogP contribution in [0, 0.1) is 12.7 Å². The number of hydrogen-bond acceptors (Lipinski definition) is 3. The number of rotatable bonds is 4. The average molecular weight is 423 g/mol. The third kappa shape index (κ3) is 3.34. The lowest BCUT2D eigenvalue weighted by molar-refractivity contribution is 0.101. The minimum absolute atomic E-state index is 0.0389. The van der Waals surface area contributed by atoms with Gasteiger partial charge in [-0.15, -0.1) is 0 Å². The van der Waals surface area contributed by atoms with Crippen molar-refractivity contribution in [2.45, 2.75) is 6.92 Å². The number of amides is 1. The Kier molecular flexibility index (Phi) is 4.79. The van der Waals surface area contributed by atoms with Gasteiger partial charge in [-0.2, -0.15) is 0 Å². The summed E-state index contributed by atoms with van der Waals surface area (Å²) in [6.45, 7) is 1.63. The predicted molar refractivity (Wildman–Crippen MR) is 123 cm³/mol. The van der Waals surface area contributed by atoms with Gasteiger partial charge in [0.05, 0.1) is 5.69 Å². The fraction of sp³-hybridized carbons (Fsp3) is 0.0370. The number of furan rings is 1. The molecule has 0 saturated carbocycles. The molecule has 4 aromatic carbocycles. The maximum atomic E-state index is 14.1. The van der Waals surface area contributed by atoms with Crippen molar-refractivity contribution < 1.29 is 18.4 Å². The molecule has 32 heavy (non-hydrogen) atoms. The van der Waals surface area contributed by atoms with Gasteiger partial charge >= 0.3 is 0 Å². The third-order valence-corrected chi connectivity index (χ3v) is 5.51. The summed E-state index contributed by atoms with van der Waals surface area (Å²) in [4.78, 5) is 26.5. The van der Waals surface area contributed by atoms with Crippen LogP contribution in [0.2, 0.25) is 0 Å². The van der Waals surface area contributed by atoms with Crippen LogP contribution in [0.15, 0.2) is 89.3 Å². The summed E-state index contributed by atoms with van der Waals surface area (Å²) >= 11 is 0. The second kappa shape index (κ2) is 7.78. The quantitative estimate of drug-likeness (QED) is 0.335. The molecule has 0 spiro atoms. The molecule has 156 valence electrons. The molecule has 4 nitrogen and oxygen atoms in total. The van der Waals surface area contributed by atoms with Crippen LogP contribution >= 0.6 is 0 Å². The van der Waals surface area contributed by atoms with Gasteiger partial charge in [-0.1, -0.05) is 60.7 Å². The Balaban J connectivity index is 1.61. The van der Waals surface area contributed by atoms with E-state index in [-0.39, 0.29) is 22.9 Å². The Labute approximate surface area is 183 Å². The van der Waals surface area contributed by atoms with Crippen LogP contribution in [0.1, 0.15) is 32.0 Å². The molecule has 1 N–H and O–H groups in total. The summed E-state index contributed by atoms with van der Waals surface area (Å²) in [5.41, 5.74) is 1.79. The first-order valence-corrected chi connectivity index (χ1v) is 10.1. The van der Waals surface area contributed by atoms with Gasteiger partial charge < -0.3 is 9.73 Å². The van der Waals surface area contributed by atoms with E-state index in [2.05, 4.69) is 5.32 Å². The Morgan fingerprint density at radius 2 is 1.56 bits per heavy atom. The van der Waals surface area contributed by atoms with Crippen LogP contribution < -0.4 is 5.32 Å². The topological polar surface area (TPSA) is 59.3 Å². The van der Waals surface area contributed by atoms with Crippen molar-refractivity contribution in [1.82, 2.24) is 0 Å². The van der Waals surface area contributed by atoms with Gasteiger partial charge in [0.2, 0.25) is 5.78 Å². The molecule has 0 radical (unpaired) electrons. The van der Waals surface area contributed by atoms with E-state index in [1.807, 2.05) is 36.4 Å². The van der Waals surface area contributed by atoms with E-state index in [0.717, 1.165) is 10.8 Å². The van der Waals surface area contributed by atoms with Crippen LogP contribution in [-0.4, -0.2) is 11.7 Å². The first kappa shape index (κ1) is 19.7. The fourth-order valence-corrected chi connectivity index (χ4v) is 3.80. The summed E-state index contributed by atoms with van der Waals surface area (Å²) in [6.07, 6.45) is 0. The lowest BCUT2D eigenvalue weighted by Gasteiger charge is -2.09. The number of aryl methyl sites for hydroxylation is 1. The van der Waals surface area contributed by atoms with Crippen LogP contribution in [0.3, 0.4) is 0 Å². The number of carbonyl (C=O) groups is 2. The van der Waals surface area contributed by atoms with Crippen molar-refractivity contribution in [3.63, 3.8) is 0 Å². The van der Waals surface area contributed by atoms with E-state index < -0.39 is 11.6 Å². The zero-order valence-corrected chi connectivity index (χ0v) is 17.2. The summed E-state index contributed by atoms with van der Waals surface area (Å²) in [7, 11) is 0. The van der Waals surface area contributed by atoms with Crippen molar-refractivity contribution in [2.75, 3.05) is 5.32 Å². The van der Waals surface area contributed by atoms with Crippen LogP contribution in [-0.2, 0) is 0 Å². The second-order valence-corrected chi connectivity index (χ2v) is 7.58. The molecule has 5 aromatic rings. The number of anilines is 1. The molecule has 0 aliphatic heterocycles. The average Bonchev–Trinajstić information content (AvgIpc) is 3.18. The lowest BCUT2D eigenvalue weighted by atomic mass is 10.0. The predicted octanol–water partition coefficient (Wildman–Crippen LogP) is 6.52. The molecular weight excluding hydrogens is 405 g/mol. The third-order valence-electron chi connectivity index (χ3n) is 5.51. The standard InChI is InChI=1S/C27H18FNO3/c1-16-13-14-18(15-22(16)28)25(30)26-24(21-10-4-5-12-23(21)32-26)29-27(31)20-11-6-8-17-7-2-3-9-19(17)20/h2-15H,1H3,(H,29,31). The molecule has 0 aliphatic carbocycles. The van der Waals surface area contributed by atoms with Gasteiger partial charge in [-0.25, -0.2) is 4.39 Å². The van der Waals surface area contributed by atoms with Gasteiger partial charge in [0.15, 0.2) is 5.76 Å². The molecule has 5 rings (SSSR count). The van der Waals surface area contributed by atoms with Crippen molar-refractivity contribution in [2.24, 2.45) is 0 Å². The Bertz CT molecular complexity index is 1510. The number of fused-ring (bicyclic) bond motifs is 2. The normalized spacial score (nSPS) is 11.1. The van der Waals surface area contributed by atoms with E-state index in [0.29, 0.717) is 22.1 Å². The molecule has 0 fully saturated rings. The van der Waals surface area contributed by atoms with Gasteiger partial charge in [0.25, 0.3) is 5.91 Å². The van der Waals surface area contributed by atoms with Gasteiger partial charge in [-0.05, 0) is 47.5 Å². The largest absolute Gasteiger partial charge is 0.450 e. The van der Waals surface area contributed by atoms with Gasteiger partial charge in [0, 0.05) is 16.5 Å². The van der Waals surface area contributed by atoms with Crippen molar-refractivity contribution >= 4 is 39.1 Å². The SMILES string of the molecule is Cc1ccc(C(=O)c2oc3ccccc3c2NC(=O)c2cccc3ccccc23)cc1F. The van der Waals surface area contributed by atoms with Crippen molar-refractivity contribution in [3.8, 4) is 0 Å². The minimum Gasteiger partial charge on any atom is -0.450 e.